The number of anilines is 1. The summed E-state index contributed by atoms with van der Waals surface area (Å²) in [7, 11) is 1.38. The molecule has 0 bridgehead atoms. The van der Waals surface area contributed by atoms with Crippen molar-refractivity contribution in [1.29, 1.82) is 0 Å². The van der Waals surface area contributed by atoms with Gasteiger partial charge in [-0.2, -0.15) is 0 Å². The summed E-state index contributed by atoms with van der Waals surface area (Å²) in [5.41, 5.74) is 1.18. The van der Waals surface area contributed by atoms with Crippen LogP contribution in [0.15, 0.2) is 18.3 Å². The lowest BCUT2D eigenvalue weighted by molar-refractivity contribution is 0.167. The fourth-order valence-corrected chi connectivity index (χ4v) is 2.34. The zero-order valence-corrected chi connectivity index (χ0v) is 12.9. The zero-order valence-electron chi connectivity index (χ0n) is 12.9. The second-order valence-electron chi connectivity index (χ2n) is 5.63. The van der Waals surface area contributed by atoms with Gasteiger partial charge in [-0.05, 0) is 18.1 Å². The number of amides is 1. The average molecular weight is 292 g/mol. The minimum atomic E-state index is -0.370. The van der Waals surface area contributed by atoms with Gasteiger partial charge in [0.1, 0.15) is 5.82 Å². The topological polar surface area (TPSA) is 66.5 Å². The molecule has 1 aliphatic heterocycles. The maximum atomic E-state index is 11.2. The Morgan fingerprint density at radius 1 is 1.52 bits per heavy atom. The summed E-state index contributed by atoms with van der Waals surface area (Å²) in [5, 5.41) is 6.20. The lowest BCUT2D eigenvalue weighted by Gasteiger charge is -2.18. The summed E-state index contributed by atoms with van der Waals surface area (Å²) in [6, 6.07) is 4.73. The molecule has 1 amide bonds. The number of rotatable bonds is 5. The second-order valence-corrected chi connectivity index (χ2v) is 5.63. The number of alkyl carbamates (subject to hydrolysis) is 1. The quantitative estimate of drug-likeness (QED) is 0.861. The van der Waals surface area contributed by atoms with E-state index >= 15 is 0 Å². The van der Waals surface area contributed by atoms with E-state index in [1.54, 1.807) is 0 Å². The highest BCUT2D eigenvalue weighted by atomic mass is 16.5. The normalized spacial score (nSPS) is 18.1. The highest BCUT2D eigenvalue weighted by Crippen LogP contribution is 2.18. The Balaban J connectivity index is 1.87. The van der Waals surface area contributed by atoms with E-state index in [1.165, 1.54) is 12.7 Å². The molecule has 0 spiro atoms. The SMILES string of the molecule is COC(=O)NC1CCN(c2ccc(CNC(C)C)cn2)C1. The number of nitrogens with one attached hydrogen (secondary N) is 2. The molecule has 1 aliphatic rings. The van der Waals surface area contributed by atoms with Gasteiger partial charge in [0.2, 0.25) is 0 Å². The molecule has 6 nitrogen and oxygen atoms in total. The summed E-state index contributed by atoms with van der Waals surface area (Å²) < 4.78 is 4.62. The molecular formula is C15H24N4O2. The standard InChI is InChI=1S/C15H24N4O2/c1-11(2)16-8-12-4-5-14(17-9-12)19-7-6-13(10-19)18-15(20)21-3/h4-5,9,11,13,16H,6-8,10H2,1-3H3,(H,18,20). The van der Waals surface area contributed by atoms with Crippen molar-refractivity contribution >= 4 is 11.9 Å². The van der Waals surface area contributed by atoms with Crippen LogP contribution in [-0.4, -0.2) is 43.4 Å². The van der Waals surface area contributed by atoms with E-state index in [-0.39, 0.29) is 12.1 Å². The molecule has 0 saturated carbocycles. The minimum Gasteiger partial charge on any atom is -0.453 e. The van der Waals surface area contributed by atoms with Gasteiger partial charge in [0.05, 0.1) is 13.2 Å². The van der Waals surface area contributed by atoms with Crippen molar-refractivity contribution in [3.05, 3.63) is 23.9 Å². The number of ether oxygens (including phenoxy) is 1. The first-order valence-corrected chi connectivity index (χ1v) is 7.36. The molecule has 0 aromatic carbocycles. The van der Waals surface area contributed by atoms with Gasteiger partial charge in [-0.1, -0.05) is 19.9 Å². The van der Waals surface area contributed by atoms with Gasteiger partial charge in [-0.25, -0.2) is 9.78 Å². The first-order chi connectivity index (χ1) is 10.1. The van der Waals surface area contributed by atoms with Gasteiger partial charge in [-0.3, -0.25) is 0 Å². The van der Waals surface area contributed by atoms with E-state index in [0.29, 0.717) is 6.04 Å². The van der Waals surface area contributed by atoms with Crippen LogP contribution in [-0.2, 0) is 11.3 Å². The molecule has 2 heterocycles. The lowest BCUT2D eigenvalue weighted by Crippen LogP contribution is -2.37. The predicted octanol–water partition coefficient (Wildman–Crippen LogP) is 1.51. The molecule has 1 aromatic rings. The predicted molar refractivity (Wildman–Crippen MR) is 82.4 cm³/mol. The second kappa shape index (κ2) is 7.26. The molecule has 2 N–H and O–H groups in total. The van der Waals surface area contributed by atoms with Crippen molar-refractivity contribution in [3.63, 3.8) is 0 Å². The summed E-state index contributed by atoms with van der Waals surface area (Å²) in [6.45, 7) is 6.75. The van der Waals surface area contributed by atoms with E-state index in [1.807, 2.05) is 12.3 Å². The van der Waals surface area contributed by atoms with Crippen LogP contribution >= 0.6 is 0 Å². The number of nitrogens with zero attached hydrogens (tertiary/aromatic N) is 2. The number of hydrogen-bond donors (Lipinski definition) is 2. The van der Waals surface area contributed by atoms with Crippen LogP contribution in [0.5, 0.6) is 0 Å². The van der Waals surface area contributed by atoms with Gasteiger partial charge >= 0.3 is 6.09 Å². The average Bonchev–Trinajstić information content (AvgIpc) is 2.94. The van der Waals surface area contributed by atoms with Crippen LogP contribution in [0.3, 0.4) is 0 Å². The number of aromatic nitrogens is 1. The van der Waals surface area contributed by atoms with Crippen molar-refractivity contribution in [2.24, 2.45) is 0 Å². The van der Waals surface area contributed by atoms with Crippen molar-refractivity contribution in [2.75, 3.05) is 25.1 Å². The Morgan fingerprint density at radius 3 is 2.95 bits per heavy atom. The third-order valence-corrected chi connectivity index (χ3v) is 3.54. The van der Waals surface area contributed by atoms with Crippen molar-refractivity contribution in [1.82, 2.24) is 15.6 Å². The van der Waals surface area contributed by atoms with Gasteiger partial charge in [0.15, 0.2) is 0 Å². The van der Waals surface area contributed by atoms with Gasteiger partial charge < -0.3 is 20.3 Å². The van der Waals surface area contributed by atoms with Crippen LogP contribution in [0.2, 0.25) is 0 Å². The Hall–Kier alpha value is -1.82. The molecule has 1 unspecified atom stereocenters. The van der Waals surface area contributed by atoms with E-state index in [2.05, 4.69) is 45.2 Å². The Bertz CT molecular complexity index is 461. The summed E-state index contributed by atoms with van der Waals surface area (Å²) >= 11 is 0. The van der Waals surface area contributed by atoms with Crippen molar-refractivity contribution in [2.45, 2.75) is 38.9 Å². The summed E-state index contributed by atoms with van der Waals surface area (Å²) in [5.74, 6) is 0.956. The van der Waals surface area contributed by atoms with E-state index in [9.17, 15) is 4.79 Å². The Labute approximate surface area is 125 Å². The fourth-order valence-electron chi connectivity index (χ4n) is 2.34. The third-order valence-electron chi connectivity index (χ3n) is 3.54. The summed E-state index contributed by atoms with van der Waals surface area (Å²) in [6.07, 6.45) is 2.45. The van der Waals surface area contributed by atoms with E-state index in [0.717, 1.165) is 31.9 Å². The van der Waals surface area contributed by atoms with Crippen LogP contribution in [0.25, 0.3) is 0 Å². The molecule has 0 aliphatic carbocycles. The van der Waals surface area contributed by atoms with Crippen LogP contribution < -0.4 is 15.5 Å². The molecular weight excluding hydrogens is 268 g/mol. The van der Waals surface area contributed by atoms with Crippen LogP contribution in [0.1, 0.15) is 25.8 Å². The van der Waals surface area contributed by atoms with Gasteiger partial charge in [0.25, 0.3) is 0 Å². The zero-order chi connectivity index (χ0) is 15.2. The molecule has 2 rings (SSSR count). The third kappa shape index (κ3) is 4.60. The van der Waals surface area contributed by atoms with Crippen LogP contribution in [0.4, 0.5) is 10.6 Å². The first-order valence-electron chi connectivity index (χ1n) is 7.36. The summed E-state index contributed by atoms with van der Waals surface area (Å²) in [4.78, 5) is 17.9. The molecule has 21 heavy (non-hydrogen) atoms. The minimum absolute atomic E-state index is 0.126. The van der Waals surface area contributed by atoms with Crippen molar-refractivity contribution < 1.29 is 9.53 Å². The van der Waals surface area contributed by atoms with E-state index in [4.69, 9.17) is 0 Å². The molecule has 1 fully saturated rings. The van der Waals surface area contributed by atoms with Crippen LogP contribution in [0, 0.1) is 0 Å². The maximum absolute atomic E-state index is 11.2. The Morgan fingerprint density at radius 2 is 2.33 bits per heavy atom. The highest BCUT2D eigenvalue weighted by molar-refractivity contribution is 5.67. The first kappa shape index (κ1) is 15.6. The molecule has 1 aromatic heterocycles. The fraction of sp³-hybridized carbons (Fsp3) is 0.600. The monoisotopic (exact) mass is 292 g/mol. The number of hydrogen-bond acceptors (Lipinski definition) is 5. The molecule has 1 atom stereocenters. The number of carbonyl (C=O) groups excluding carboxylic acids is 1. The van der Waals surface area contributed by atoms with E-state index < -0.39 is 0 Å². The smallest absolute Gasteiger partial charge is 0.407 e. The molecule has 6 heteroatoms. The number of pyridine rings is 1. The molecule has 0 radical (unpaired) electrons. The largest absolute Gasteiger partial charge is 0.453 e. The number of methoxy groups -OCH3 is 1. The molecule has 1 saturated heterocycles. The number of carbonyl (C=O) groups is 1. The highest BCUT2D eigenvalue weighted by Gasteiger charge is 2.24. The maximum Gasteiger partial charge on any atom is 0.407 e. The van der Waals surface area contributed by atoms with Gasteiger partial charge in [-0.15, -0.1) is 0 Å². The Kier molecular flexibility index (Phi) is 5.38. The lowest BCUT2D eigenvalue weighted by atomic mass is 10.2. The van der Waals surface area contributed by atoms with Gasteiger partial charge in [0, 0.05) is 31.9 Å². The van der Waals surface area contributed by atoms with Crippen molar-refractivity contribution in [3.8, 4) is 0 Å². The molecule has 116 valence electrons.